The summed E-state index contributed by atoms with van der Waals surface area (Å²) in [6.45, 7) is 9.43. The van der Waals surface area contributed by atoms with E-state index in [0.717, 1.165) is 17.0 Å². The van der Waals surface area contributed by atoms with Crippen LogP contribution < -0.4 is 10.2 Å². The van der Waals surface area contributed by atoms with Crippen molar-refractivity contribution in [1.82, 2.24) is 20.3 Å². The number of carbonyl (C=O) groups is 2. The summed E-state index contributed by atoms with van der Waals surface area (Å²) < 4.78 is 6.13. The number of aryl methyl sites for hydroxylation is 2. The van der Waals surface area contributed by atoms with Gasteiger partial charge in [0, 0.05) is 19.7 Å². The molecule has 9 nitrogen and oxygen atoms in total. The lowest BCUT2D eigenvalue weighted by Gasteiger charge is -2.38. The summed E-state index contributed by atoms with van der Waals surface area (Å²) in [5.41, 5.74) is 1.23. The van der Waals surface area contributed by atoms with Crippen LogP contribution in [0.5, 0.6) is 0 Å². The number of hydrogen-bond acceptors (Lipinski definition) is 7. The lowest BCUT2D eigenvalue weighted by molar-refractivity contribution is 0.00705. The Morgan fingerprint density at radius 2 is 2.16 bits per heavy atom. The highest BCUT2D eigenvalue weighted by atomic mass is 35.5. The normalized spacial score (nSPS) is 19.1. The molecule has 0 bridgehead atoms. The molecule has 3 heterocycles. The van der Waals surface area contributed by atoms with E-state index in [-0.39, 0.29) is 28.8 Å². The largest absolute Gasteiger partial charge is 0.477 e. The highest BCUT2D eigenvalue weighted by Crippen LogP contribution is 2.29. The van der Waals surface area contributed by atoms with Gasteiger partial charge in [0.05, 0.1) is 23.5 Å². The molecule has 31 heavy (non-hydrogen) atoms. The summed E-state index contributed by atoms with van der Waals surface area (Å²) in [5.74, 6) is -0.770. The molecule has 170 valence electrons. The average Bonchev–Trinajstić information content (AvgIpc) is 3.29. The minimum absolute atomic E-state index is 0.188. The number of carboxylic acid groups (broad SMARTS) is 1. The fraction of sp³-hybridized carbons (Fsp3) is 0.600. The molecule has 0 unspecified atom stereocenters. The summed E-state index contributed by atoms with van der Waals surface area (Å²) in [4.78, 5) is 37.9. The van der Waals surface area contributed by atoms with Crippen LogP contribution in [-0.2, 0) is 11.2 Å². The number of aromatic nitrogens is 3. The number of anilines is 1. The first-order valence-corrected chi connectivity index (χ1v) is 11.5. The number of H-pyrrole nitrogens is 1. The van der Waals surface area contributed by atoms with Crippen molar-refractivity contribution in [3.8, 4) is 0 Å². The number of nitrogens with one attached hydrogen (secondary N) is 2. The van der Waals surface area contributed by atoms with Crippen LogP contribution in [0.2, 0.25) is 5.15 Å². The Morgan fingerprint density at radius 1 is 1.42 bits per heavy atom. The Hall–Kier alpha value is -2.17. The van der Waals surface area contributed by atoms with Gasteiger partial charge in [-0.15, -0.1) is 0 Å². The highest BCUT2D eigenvalue weighted by Gasteiger charge is 2.34. The van der Waals surface area contributed by atoms with Crippen LogP contribution in [0.15, 0.2) is 0 Å². The maximum absolute atomic E-state index is 12.7. The third kappa shape index (κ3) is 5.55. The van der Waals surface area contributed by atoms with Crippen molar-refractivity contribution in [3.63, 3.8) is 0 Å². The third-order valence-corrected chi connectivity index (χ3v) is 6.59. The van der Waals surface area contributed by atoms with Crippen LogP contribution >= 0.6 is 22.9 Å². The van der Waals surface area contributed by atoms with Crippen LogP contribution in [0.1, 0.15) is 58.9 Å². The van der Waals surface area contributed by atoms with Gasteiger partial charge in [0.25, 0.3) is 5.91 Å². The number of piperidine rings is 1. The van der Waals surface area contributed by atoms with Gasteiger partial charge in [-0.25, -0.2) is 14.8 Å². The summed E-state index contributed by atoms with van der Waals surface area (Å²) in [5, 5.41) is 13.3. The zero-order valence-electron chi connectivity index (χ0n) is 18.1. The Kier molecular flexibility index (Phi) is 7.55. The van der Waals surface area contributed by atoms with E-state index in [2.05, 4.69) is 34.1 Å². The van der Waals surface area contributed by atoms with Crippen LogP contribution in [0, 0.1) is 12.8 Å². The quantitative estimate of drug-likeness (QED) is 0.543. The van der Waals surface area contributed by atoms with Gasteiger partial charge in [0.1, 0.15) is 4.88 Å². The maximum Gasteiger partial charge on any atom is 0.347 e. The first-order chi connectivity index (χ1) is 14.7. The number of halogens is 1. The van der Waals surface area contributed by atoms with Gasteiger partial charge in [0.15, 0.2) is 16.1 Å². The van der Waals surface area contributed by atoms with Gasteiger partial charge in [-0.3, -0.25) is 4.79 Å². The van der Waals surface area contributed by atoms with Crippen molar-refractivity contribution in [2.45, 2.75) is 52.7 Å². The lowest BCUT2D eigenvalue weighted by atomic mass is 10.0. The molecule has 0 aliphatic carbocycles. The minimum atomic E-state index is -0.973. The van der Waals surface area contributed by atoms with Crippen LogP contribution in [-0.4, -0.2) is 63.8 Å². The number of thiazole rings is 1. The predicted molar refractivity (Wildman–Crippen MR) is 119 cm³/mol. The highest BCUT2D eigenvalue weighted by molar-refractivity contribution is 7.17. The number of carbonyl (C=O) groups excluding carboxylic acids is 1. The van der Waals surface area contributed by atoms with Gasteiger partial charge in [-0.05, 0) is 25.7 Å². The second-order valence-corrected chi connectivity index (χ2v) is 9.34. The van der Waals surface area contributed by atoms with Crippen molar-refractivity contribution in [2.24, 2.45) is 5.92 Å². The molecule has 3 N–H and O–H groups in total. The molecule has 1 saturated heterocycles. The van der Waals surface area contributed by atoms with E-state index < -0.39 is 5.97 Å². The zero-order chi connectivity index (χ0) is 22.7. The summed E-state index contributed by atoms with van der Waals surface area (Å²) in [6.07, 6.45) is 1.02. The third-order valence-electron chi connectivity index (χ3n) is 5.07. The molecule has 0 saturated carbocycles. The first-order valence-electron chi connectivity index (χ1n) is 10.3. The summed E-state index contributed by atoms with van der Waals surface area (Å²) >= 11 is 7.23. The Labute approximate surface area is 190 Å². The molecule has 2 aromatic rings. The number of aromatic carboxylic acids is 1. The van der Waals surface area contributed by atoms with Crippen molar-refractivity contribution >= 4 is 39.9 Å². The molecule has 0 aromatic carbocycles. The molecule has 3 rings (SSSR count). The molecule has 1 amide bonds. The van der Waals surface area contributed by atoms with Crippen molar-refractivity contribution in [3.05, 3.63) is 27.2 Å². The van der Waals surface area contributed by atoms with E-state index in [4.69, 9.17) is 16.3 Å². The second kappa shape index (κ2) is 9.97. The Morgan fingerprint density at radius 3 is 2.74 bits per heavy atom. The van der Waals surface area contributed by atoms with Crippen molar-refractivity contribution < 1.29 is 19.4 Å². The van der Waals surface area contributed by atoms with Gasteiger partial charge in [0.2, 0.25) is 0 Å². The molecule has 0 radical (unpaired) electrons. The molecule has 1 aliphatic heterocycles. The maximum atomic E-state index is 12.7. The number of aromatic amines is 1. The Balaban J connectivity index is 1.73. The molecule has 11 heteroatoms. The predicted octanol–water partition coefficient (Wildman–Crippen LogP) is 3.14. The number of nitrogens with zero attached hydrogens (tertiary/aromatic N) is 3. The monoisotopic (exact) mass is 469 g/mol. The molecular formula is C20H28ClN5O4S. The van der Waals surface area contributed by atoms with Gasteiger partial charge in [-0.1, -0.05) is 43.7 Å². The number of imidazole rings is 1. The number of ether oxygens (including phenoxy) is 1. The second-order valence-electron chi connectivity index (χ2n) is 8.00. The summed E-state index contributed by atoms with van der Waals surface area (Å²) in [7, 11) is 0. The van der Waals surface area contributed by atoms with Crippen molar-refractivity contribution in [1.29, 1.82) is 0 Å². The molecule has 0 spiro atoms. The van der Waals surface area contributed by atoms with E-state index in [1.165, 1.54) is 0 Å². The zero-order valence-corrected chi connectivity index (χ0v) is 19.6. The topological polar surface area (TPSA) is 120 Å². The molecule has 1 fully saturated rings. The standard InChI is InChI=1S/C20H28ClN5O4S/c1-5-12-16(21)25-17(23-12)18(27)24-13-6-7-26(8-14(13)30-9-10(2)3)20-22-11(4)15(31-20)19(28)29/h10,13-14H,5-9H2,1-4H3,(H,23,25)(H,24,27)(H,28,29)/t13-,14+/m1/s1. The Bertz CT molecular complexity index is 944. The number of rotatable bonds is 8. The SMILES string of the molecule is CCc1[nH]c(C(=O)N[C@@H]2CCN(c3nc(C)c(C(=O)O)s3)C[C@@H]2OCC(C)C)nc1Cl. The summed E-state index contributed by atoms with van der Waals surface area (Å²) in [6, 6.07) is -0.212. The lowest BCUT2D eigenvalue weighted by Crippen LogP contribution is -2.55. The van der Waals surface area contributed by atoms with Gasteiger partial charge >= 0.3 is 5.97 Å². The van der Waals surface area contributed by atoms with Crippen LogP contribution in [0.25, 0.3) is 0 Å². The van der Waals surface area contributed by atoms with Gasteiger partial charge in [-0.2, -0.15) is 0 Å². The minimum Gasteiger partial charge on any atom is -0.477 e. The van der Waals surface area contributed by atoms with E-state index in [0.29, 0.717) is 54.4 Å². The fourth-order valence-electron chi connectivity index (χ4n) is 3.42. The van der Waals surface area contributed by atoms with Crippen LogP contribution in [0.4, 0.5) is 5.13 Å². The van der Waals surface area contributed by atoms with Crippen LogP contribution in [0.3, 0.4) is 0 Å². The van der Waals surface area contributed by atoms with Gasteiger partial charge < -0.3 is 25.0 Å². The van der Waals surface area contributed by atoms with E-state index in [1.54, 1.807) is 6.92 Å². The molecule has 2 aromatic heterocycles. The smallest absolute Gasteiger partial charge is 0.347 e. The molecule has 2 atom stereocenters. The molecule has 1 aliphatic rings. The number of hydrogen-bond donors (Lipinski definition) is 3. The first kappa shape index (κ1) is 23.5. The number of amides is 1. The number of carboxylic acids is 1. The van der Waals surface area contributed by atoms with E-state index in [9.17, 15) is 14.7 Å². The molecular weight excluding hydrogens is 442 g/mol. The van der Waals surface area contributed by atoms with Crippen molar-refractivity contribution in [2.75, 3.05) is 24.6 Å². The van der Waals surface area contributed by atoms with E-state index in [1.807, 2.05) is 11.8 Å². The average molecular weight is 470 g/mol. The van der Waals surface area contributed by atoms with E-state index >= 15 is 0 Å². The fourth-order valence-corrected chi connectivity index (χ4v) is 4.63.